The molecule has 4 rings (SSSR count). The van der Waals surface area contributed by atoms with Crippen LogP contribution in [0.4, 0.5) is 5.13 Å². The van der Waals surface area contributed by atoms with Crippen LogP contribution in [-0.2, 0) is 13.0 Å². The number of anilines is 1. The summed E-state index contributed by atoms with van der Waals surface area (Å²) in [5.74, 6) is -0.158. The summed E-state index contributed by atoms with van der Waals surface area (Å²) < 4.78 is 0. The van der Waals surface area contributed by atoms with Crippen molar-refractivity contribution in [3.63, 3.8) is 0 Å². The van der Waals surface area contributed by atoms with Gasteiger partial charge in [-0.15, -0.1) is 11.3 Å². The van der Waals surface area contributed by atoms with E-state index in [1.54, 1.807) is 11.3 Å². The Balaban J connectivity index is 1.53. The second kappa shape index (κ2) is 6.97. The monoisotopic (exact) mass is 364 g/mol. The van der Waals surface area contributed by atoms with E-state index in [-0.39, 0.29) is 5.91 Å². The fourth-order valence-corrected chi connectivity index (χ4v) is 4.20. The zero-order valence-corrected chi connectivity index (χ0v) is 15.6. The van der Waals surface area contributed by atoms with Crippen LogP contribution < -0.4 is 5.32 Å². The quantitative estimate of drug-likeness (QED) is 0.769. The van der Waals surface area contributed by atoms with Gasteiger partial charge < -0.3 is 4.90 Å². The second-order valence-electron chi connectivity index (χ2n) is 6.53. The Hall–Kier alpha value is -2.57. The Morgan fingerprint density at radius 1 is 1.15 bits per heavy atom. The smallest absolute Gasteiger partial charge is 0.259 e. The normalized spacial score (nSPS) is 14.1. The number of nitrogens with one attached hydrogen (secondary N) is 1. The van der Waals surface area contributed by atoms with Gasteiger partial charge in [0.05, 0.1) is 22.6 Å². The third-order valence-corrected chi connectivity index (χ3v) is 5.54. The number of rotatable bonds is 3. The van der Waals surface area contributed by atoms with Crippen molar-refractivity contribution in [1.82, 2.24) is 14.9 Å². The summed E-state index contributed by atoms with van der Waals surface area (Å²) in [6.45, 7) is 3.77. The number of aromatic nitrogens is 2. The lowest BCUT2D eigenvalue weighted by molar-refractivity contribution is 0.102. The second-order valence-corrected chi connectivity index (χ2v) is 7.61. The lowest BCUT2D eigenvalue weighted by atomic mass is 10.1. The molecule has 0 bridgehead atoms. The molecule has 0 saturated heterocycles. The predicted octanol–water partition coefficient (Wildman–Crippen LogP) is 3.75. The van der Waals surface area contributed by atoms with Crippen molar-refractivity contribution in [2.24, 2.45) is 0 Å². The molecule has 1 aliphatic rings. The van der Waals surface area contributed by atoms with Crippen LogP contribution in [0.15, 0.2) is 42.5 Å². The SMILES string of the molecule is Cc1nc(-c2ccccc2)ccc1C(=O)Nc1nc2c(s1)CN(C)CC2. The van der Waals surface area contributed by atoms with Crippen LogP contribution in [0, 0.1) is 6.92 Å². The number of pyridine rings is 1. The predicted molar refractivity (Wildman–Crippen MR) is 105 cm³/mol. The molecule has 1 amide bonds. The molecule has 3 heterocycles. The van der Waals surface area contributed by atoms with Gasteiger partial charge in [0, 0.05) is 30.0 Å². The molecule has 5 nitrogen and oxygen atoms in total. The summed E-state index contributed by atoms with van der Waals surface area (Å²) in [7, 11) is 2.10. The summed E-state index contributed by atoms with van der Waals surface area (Å²) in [5, 5.41) is 3.61. The highest BCUT2D eigenvalue weighted by atomic mass is 32.1. The minimum absolute atomic E-state index is 0.158. The van der Waals surface area contributed by atoms with Crippen LogP contribution in [-0.4, -0.2) is 34.4 Å². The van der Waals surface area contributed by atoms with E-state index >= 15 is 0 Å². The Kier molecular flexibility index (Phi) is 4.53. The third-order valence-electron chi connectivity index (χ3n) is 4.54. The fourth-order valence-electron chi connectivity index (χ4n) is 3.11. The van der Waals surface area contributed by atoms with Crippen LogP contribution in [0.3, 0.4) is 0 Å². The maximum atomic E-state index is 12.7. The van der Waals surface area contributed by atoms with Crippen LogP contribution in [0.25, 0.3) is 11.3 Å². The summed E-state index contributed by atoms with van der Waals surface area (Å²) >= 11 is 1.56. The highest BCUT2D eigenvalue weighted by molar-refractivity contribution is 7.15. The van der Waals surface area contributed by atoms with Crippen LogP contribution in [0.1, 0.15) is 26.6 Å². The lowest BCUT2D eigenvalue weighted by Crippen LogP contribution is -2.25. The van der Waals surface area contributed by atoms with E-state index in [1.807, 2.05) is 49.4 Å². The zero-order valence-electron chi connectivity index (χ0n) is 14.8. The summed E-state index contributed by atoms with van der Waals surface area (Å²) in [6, 6.07) is 13.7. The molecule has 1 aliphatic heterocycles. The molecule has 0 unspecified atom stereocenters. The van der Waals surface area contributed by atoms with E-state index in [4.69, 9.17) is 0 Å². The number of hydrogen-bond acceptors (Lipinski definition) is 5. The number of carbonyl (C=O) groups is 1. The molecule has 3 aromatic rings. The van der Waals surface area contributed by atoms with E-state index < -0.39 is 0 Å². The number of likely N-dealkylation sites (N-methyl/N-ethyl adjacent to an activating group) is 1. The van der Waals surface area contributed by atoms with Crippen molar-refractivity contribution < 1.29 is 4.79 Å². The molecule has 6 heteroatoms. The van der Waals surface area contributed by atoms with E-state index in [9.17, 15) is 4.79 Å². The van der Waals surface area contributed by atoms with Crippen molar-refractivity contribution in [3.8, 4) is 11.3 Å². The van der Waals surface area contributed by atoms with Gasteiger partial charge in [0.15, 0.2) is 5.13 Å². The van der Waals surface area contributed by atoms with Gasteiger partial charge in [-0.2, -0.15) is 0 Å². The lowest BCUT2D eigenvalue weighted by Gasteiger charge is -2.20. The Morgan fingerprint density at radius 2 is 1.96 bits per heavy atom. The highest BCUT2D eigenvalue weighted by Crippen LogP contribution is 2.28. The van der Waals surface area contributed by atoms with Crippen molar-refractivity contribution in [1.29, 1.82) is 0 Å². The van der Waals surface area contributed by atoms with E-state index in [1.165, 1.54) is 4.88 Å². The number of benzene rings is 1. The first-order valence-electron chi connectivity index (χ1n) is 8.61. The van der Waals surface area contributed by atoms with Gasteiger partial charge in [-0.3, -0.25) is 15.1 Å². The fraction of sp³-hybridized carbons (Fsp3) is 0.250. The number of aryl methyl sites for hydroxylation is 1. The maximum Gasteiger partial charge on any atom is 0.259 e. The van der Waals surface area contributed by atoms with Crippen molar-refractivity contribution in [2.45, 2.75) is 19.9 Å². The molecule has 26 heavy (non-hydrogen) atoms. The number of fused-ring (bicyclic) bond motifs is 1. The standard InChI is InChI=1S/C20H20N4OS/c1-13-15(8-9-16(21-13)14-6-4-3-5-7-14)19(25)23-20-22-17-10-11-24(2)12-18(17)26-20/h3-9H,10-12H2,1-2H3,(H,22,23,25). The first kappa shape index (κ1) is 16.9. The van der Waals surface area contributed by atoms with Gasteiger partial charge in [0.2, 0.25) is 0 Å². The largest absolute Gasteiger partial charge is 0.301 e. The first-order chi connectivity index (χ1) is 12.6. The van der Waals surface area contributed by atoms with Gasteiger partial charge in [-0.25, -0.2) is 4.98 Å². The van der Waals surface area contributed by atoms with E-state index in [0.29, 0.717) is 16.4 Å². The maximum absolute atomic E-state index is 12.7. The summed E-state index contributed by atoms with van der Waals surface area (Å²) in [6.07, 6.45) is 0.935. The molecule has 0 fully saturated rings. The van der Waals surface area contributed by atoms with Crippen LogP contribution in [0.5, 0.6) is 0 Å². The minimum atomic E-state index is -0.158. The Labute approximate surface area is 156 Å². The van der Waals surface area contributed by atoms with E-state index in [2.05, 4.69) is 27.2 Å². The molecule has 1 aromatic carbocycles. The molecule has 132 valence electrons. The average molecular weight is 364 g/mol. The number of thiazole rings is 1. The molecule has 0 atom stereocenters. The third kappa shape index (κ3) is 3.38. The van der Waals surface area contributed by atoms with Crippen molar-refractivity contribution in [2.75, 3.05) is 18.9 Å². The van der Waals surface area contributed by atoms with Crippen LogP contribution >= 0.6 is 11.3 Å². The molecule has 0 spiro atoms. The van der Waals surface area contributed by atoms with Crippen molar-refractivity contribution in [3.05, 3.63) is 64.3 Å². The zero-order chi connectivity index (χ0) is 18.1. The van der Waals surface area contributed by atoms with E-state index in [0.717, 1.165) is 36.5 Å². The molecular weight excluding hydrogens is 344 g/mol. The van der Waals surface area contributed by atoms with Gasteiger partial charge in [-0.05, 0) is 26.1 Å². The van der Waals surface area contributed by atoms with Gasteiger partial charge in [0.25, 0.3) is 5.91 Å². The van der Waals surface area contributed by atoms with Crippen molar-refractivity contribution >= 4 is 22.4 Å². The topological polar surface area (TPSA) is 58.1 Å². The summed E-state index contributed by atoms with van der Waals surface area (Å²) in [5.41, 5.74) is 4.31. The van der Waals surface area contributed by atoms with Gasteiger partial charge in [-0.1, -0.05) is 30.3 Å². The number of carbonyl (C=O) groups excluding carboxylic acids is 1. The Morgan fingerprint density at radius 3 is 2.73 bits per heavy atom. The molecule has 0 radical (unpaired) electrons. The van der Waals surface area contributed by atoms with Gasteiger partial charge >= 0.3 is 0 Å². The summed E-state index contributed by atoms with van der Waals surface area (Å²) in [4.78, 5) is 25.4. The Bertz CT molecular complexity index is 952. The number of hydrogen-bond donors (Lipinski definition) is 1. The highest BCUT2D eigenvalue weighted by Gasteiger charge is 2.20. The minimum Gasteiger partial charge on any atom is -0.301 e. The van der Waals surface area contributed by atoms with Gasteiger partial charge in [0.1, 0.15) is 0 Å². The first-order valence-corrected chi connectivity index (χ1v) is 9.43. The molecule has 1 N–H and O–H groups in total. The number of nitrogens with zero attached hydrogens (tertiary/aromatic N) is 3. The number of amides is 1. The van der Waals surface area contributed by atoms with Crippen LogP contribution in [0.2, 0.25) is 0 Å². The molecule has 2 aromatic heterocycles. The average Bonchev–Trinajstić information content (AvgIpc) is 3.03. The molecule has 0 saturated carbocycles. The molecular formula is C20H20N4OS. The molecule has 0 aliphatic carbocycles.